The average molecular weight is 438 g/mol. The van der Waals surface area contributed by atoms with Gasteiger partial charge in [-0.15, -0.1) is 11.3 Å². The van der Waals surface area contributed by atoms with Crippen LogP contribution in [0.2, 0.25) is 5.02 Å². The summed E-state index contributed by atoms with van der Waals surface area (Å²) in [6.45, 7) is 0.161. The zero-order valence-corrected chi connectivity index (χ0v) is 14.1. The number of hydrogen-bond donors (Lipinski definition) is 3. The fourth-order valence-corrected chi connectivity index (χ4v) is 3.12. The molecular formula is C12H9ClIN3O3S. The van der Waals surface area contributed by atoms with Crippen molar-refractivity contribution in [2.75, 3.05) is 5.32 Å². The highest BCUT2D eigenvalue weighted by Gasteiger charge is 2.10. The molecule has 2 rings (SSSR count). The zero-order chi connectivity index (χ0) is 15.4. The minimum absolute atomic E-state index is 0.0237. The van der Waals surface area contributed by atoms with Gasteiger partial charge in [0.15, 0.2) is 5.69 Å². The van der Waals surface area contributed by atoms with Gasteiger partial charge < -0.3 is 15.7 Å². The Bertz CT molecular complexity index is 692. The van der Waals surface area contributed by atoms with Gasteiger partial charge in [-0.05, 0) is 40.8 Å². The monoisotopic (exact) mass is 437 g/mol. The van der Waals surface area contributed by atoms with E-state index in [0.717, 1.165) is 3.57 Å². The van der Waals surface area contributed by atoms with Gasteiger partial charge in [-0.25, -0.2) is 14.6 Å². The van der Waals surface area contributed by atoms with E-state index >= 15 is 0 Å². The number of aromatic nitrogens is 1. The lowest BCUT2D eigenvalue weighted by molar-refractivity contribution is 0.0691. The van der Waals surface area contributed by atoms with Crippen molar-refractivity contribution in [1.29, 1.82) is 0 Å². The topological polar surface area (TPSA) is 91.3 Å². The molecule has 0 saturated carbocycles. The molecule has 2 aromatic rings. The number of anilines is 1. The Morgan fingerprint density at radius 3 is 2.81 bits per heavy atom. The number of amides is 2. The maximum Gasteiger partial charge on any atom is 0.355 e. The quantitative estimate of drug-likeness (QED) is 0.639. The lowest BCUT2D eigenvalue weighted by atomic mass is 10.3. The maximum absolute atomic E-state index is 11.8. The van der Waals surface area contributed by atoms with Crippen LogP contribution in [0.3, 0.4) is 0 Å². The van der Waals surface area contributed by atoms with E-state index in [1.165, 1.54) is 16.7 Å². The first kappa shape index (κ1) is 16.0. The number of nitrogens with zero attached hydrogens (tertiary/aromatic N) is 1. The number of urea groups is 1. The molecule has 0 saturated heterocycles. The number of carboxylic acid groups (broad SMARTS) is 1. The first-order valence-corrected chi connectivity index (χ1v) is 7.97. The lowest BCUT2D eigenvalue weighted by Gasteiger charge is -2.08. The number of halogens is 2. The van der Waals surface area contributed by atoms with Gasteiger partial charge in [-0.3, -0.25) is 0 Å². The van der Waals surface area contributed by atoms with Crippen molar-refractivity contribution in [3.05, 3.63) is 42.9 Å². The van der Waals surface area contributed by atoms with Gasteiger partial charge in [-0.1, -0.05) is 11.6 Å². The van der Waals surface area contributed by atoms with E-state index in [-0.39, 0.29) is 12.2 Å². The Hall–Kier alpha value is -1.39. The van der Waals surface area contributed by atoms with Crippen LogP contribution in [0.25, 0.3) is 0 Å². The smallest absolute Gasteiger partial charge is 0.355 e. The van der Waals surface area contributed by atoms with Gasteiger partial charge in [0.25, 0.3) is 0 Å². The fourth-order valence-electron chi connectivity index (χ4n) is 1.40. The van der Waals surface area contributed by atoms with E-state index in [0.29, 0.717) is 15.7 Å². The summed E-state index contributed by atoms with van der Waals surface area (Å²) < 4.78 is 0.817. The molecule has 1 aromatic carbocycles. The molecule has 0 fully saturated rings. The summed E-state index contributed by atoms with van der Waals surface area (Å²) >= 11 is 9.08. The number of thiazole rings is 1. The van der Waals surface area contributed by atoms with Crippen LogP contribution in [0.15, 0.2) is 23.6 Å². The number of carbonyl (C=O) groups excluding carboxylic acids is 1. The minimum atomic E-state index is -1.09. The Kier molecular flexibility index (Phi) is 5.37. The molecule has 1 aromatic heterocycles. The van der Waals surface area contributed by atoms with Crippen LogP contribution >= 0.6 is 45.5 Å². The number of nitrogens with one attached hydrogen (secondary N) is 2. The largest absolute Gasteiger partial charge is 0.476 e. The zero-order valence-electron chi connectivity index (χ0n) is 10.4. The predicted molar refractivity (Wildman–Crippen MR) is 89.1 cm³/mol. The normalized spacial score (nSPS) is 10.2. The molecule has 0 radical (unpaired) electrons. The molecule has 0 aliphatic rings. The van der Waals surface area contributed by atoms with Crippen LogP contribution in [0.4, 0.5) is 10.5 Å². The van der Waals surface area contributed by atoms with E-state index in [1.807, 2.05) is 0 Å². The summed E-state index contributed by atoms with van der Waals surface area (Å²) in [6.07, 6.45) is 0. The van der Waals surface area contributed by atoms with E-state index in [4.69, 9.17) is 16.7 Å². The first-order valence-electron chi connectivity index (χ1n) is 5.63. The molecule has 0 atom stereocenters. The SMILES string of the molecule is O=C(NCc1nc(C(=O)O)cs1)Nc1ccc(Cl)cc1I. The molecule has 110 valence electrons. The Labute approximate surface area is 142 Å². The summed E-state index contributed by atoms with van der Waals surface area (Å²) in [5.74, 6) is -1.09. The second-order valence-electron chi connectivity index (χ2n) is 3.86. The minimum Gasteiger partial charge on any atom is -0.476 e. The molecule has 21 heavy (non-hydrogen) atoms. The van der Waals surface area contributed by atoms with Crippen LogP contribution in [-0.4, -0.2) is 22.1 Å². The lowest BCUT2D eigenvalue weighted by Crippen LogP contribution is -2.28. The van der Waals surface area contributed by atoms with E-state index in [2.05, 4.69) is 38.2 Å². The van der Waals surface area contributed by atoms with Crippen molar-refractivity contribution < 1.29 is 14.7 Å². The molecule has 0 aliphatic heterocycles. The summed E-state index contributed by atoms with van der Waals surface area (Å²) in [5.41, 5.74) is 0.618. The van der Waals surface area contributed by atoms with Crippen LogP contribution in [0.5, 0.6) is 0 Å². The molecule has 1 heterocycles. The van der Waals surface area contributed by atoms with Crippen molar-refractivity contribution in [3.8, 4) is 0 Å². The highest BCUT2D eigenvalue weighted by molar-refractivity contribution is 14.1. The number of aromatic carboxylic acids is 1. The second kappa shape index (κ2) is 7.05. The van der Waals surface area contributed by atoms with Crippen molar-refractivity contribution in [3.63, 3.8) is 0 Å². The molecule has 0 spiro atoms. The Morgan fingerprint density at radius 1 is 1.43 bits per heavy atom. The standard InChI is InChI=1S/C12H9ClIN3O3S/c13-6-1-2-8(7(14)3-6)17-12(20)15-4-10-16-9(5-21-10)11(18)19/h1-3,5H,4H2,(H,18,19)(H2,15,17,20). The van der Waals surface area contributed by atoms with Crippen molar-refractivity contribution in [2.24, 2.45) is 0 Å². The van der Waals surface area contributed by atoms with Gasteiger partial charge in [0, 0.05) is 14.0 Å². The van der Waals surface area contributed by atoms with Crippen molar-refractivity contribution in [1.82, 2.24) is 10.3 Å². The van der Waals surface area contributed by atoms with Crippen LogP contribution in [0, 0.1) is 3.57 Å². The van der Waals surface area contributed by atoms with E-state index in [9.17, 15) is 9.59 Å². The molecule has 0 bridgehead atoms. The molecule has 2 amide bonds. The highest BCUT2D eigenvalue weighted by Crippen LogP contribution is 2.22. The predicted octanol–water partition coefficient (Wildman–Crippen LogP) is 3.42. The summed E-state index contributed by atoms with van der Waals surface area (Å²) in [6, 6.07) is 4.72. The van der Waals surface area contributed by atoms with E-state index < -0.39 is 12.0 Å². The van der Waals surface area contributed by atoms with Gasteiger partial charge in [0.1, 0.15) is 5.01 Å². The van der Waals surface area contributed by atoms with Gasteiger partial charge in [-0.2, -0.15) is 0 Å². The number of carbonyl (C=O) groups is 2. The summed E-state index contributed by atoms with van der Waals surface area (Å²) in [4.78, 5) is 26.3. The van der Waals surface area contributed by atoms with E-state index in [1.54, 1.807) is 18.2 Å². The van der Waals surface area contributed by atoms with Crippen molar-refractivity contribution in [2.45, 2.75) is 6.54 Å². The van der Waals surface area contributed by atoms with Crippen LogP contribution in [-0.2, 0) is 6.54 Å². The number of rotatable bonds is 4. The fraction of sp³-hybridized carbons (Fsp3) is 0.0833. The third-order valence-corrected chi connectivity index (χ3v) is 4.33. The maximum atomic E-state index is 11.8. The first-order chi connectivity index (χ1) is 9.95. The molecule has 0 aliphatic carbocycles. The van der Waals surface area contributed by atoms with Gasteiger partial charge in [0.2, 0.25) is 0 Å². The molecular weight excluding hydrogens is 429 g/mol. The highest BCUT2D eigenvalue weighted by atomic mass is 127. The third-order valence-electron chi connectivity index (χ3n) is 2.35. The third kappa shape index (κ3) is 4.55. The van der Waals surface area contributed by atoms with Crippen LogP contribution in [0.1, 0.15) is 15.5 Å². The summed E-state index contributed by atoms with van der Waals surface area (Å²) in [5, 5.41) is 16.6. The molecule has 6 nitrogen and oxygen atoms in total. The van der Waals surface area contributed by atoms with Crippen LogP contribution < -0.4 is 10.6 Å². The van der Waals surface area contributed by atoms with Gasteiger partial charge in [0.05, 0.1) is 12.2 Å². The second-order valence-corrected chi connectivity index (χ2v) is 6.40. The Balaban J connectivity index is 1.91. The number of carboxylic acids is 1. The average Bonchev–Trinajstić information content (AvgIpc) is 2.89. The number of hydrogen-bond acceptors (Lipinski definition) is 4. The molecule has 9 heteroatoms. The number of benzene rings is 1. The summed E-state index contributed by atoms with van der Waals surface area (Å²) in [7, 11) is 0. The van der Waals surface area contributed by atoms with Gasteiger partial charge >= 0.3 is 12.0 Å². The van der Waals surface area contributed by atoms with Crippen molar-refractivity contribution >= 4 is 63.2 Å². The molecule has 3 N–H and O–H groups in total. The Morgan fingerprint density at radius 2 is 2.19 bits per heavy atom. The molecule has 0 unspecified atom stereocenters.